The van der Waals surface area contributed by atoms with Gasteiger partial charge in [-0.15, -0.1) is 0 Å². The van der Waals surface area contributed by atoms with Gasteiger partial charge in [-0.25, -0.2) is 0 Å². The number of halogens is 1. The standard InChI is InChI=1S/C7H7IO3S/c8-7-4-2-1-3-6(7)5-12(9,10)11/h1-4H,5H2,(H,9,10,11). The van der Waals surface area contributed by atoms with Crippen molar-refractivity contribution in [2.45, 2.75) is 5.75 Å². The molecule has 0 heterocycles. The highest BCUT2D eigenvalue weighted by Gasteiger charge is 2.08. The van der Waals surface area contributed by atoms with Crippen molar-refractivity contribution in [3.63, 3.8) is 0 Å². The summed E-state index contributed by atoms with van der Waals surface area (Å²) in [6.07, 6.45) is 0. The first-order chi connectivity index (χ1) is 5.49. The van der Waals surface area contributed by atoms with Crippen molar-refractivity contribution >= 4 is 32.7 Å². The molecule has 0 amide bonds. The van der Waals surface area contributed by atoms with Gasteiger partial charge in [0, 0.05) is 3.57 Å². The van der Waals surface area contributed by atoms with Crippen molar-refractivity contribution in [1.29, 1.82) is 0 Å². The topological polar surface area (TPSA) is 54.4 Å². The molecule has 0 fully saturated rings. The Morgan fingerprint density at radius 1 is 1.33 bits per heavy atom. The number of hydrogen-bond donors (Lipinski definition) is 1. The normalized spacial score (nSPS) is 11.5. The number of benzene rings is 1. The van der Waals surface area contributed by atoms with Gasteiger partial charge < -0.3 is 0 Å². The van der Waals surface area contributed by atoms with Crippen LogP contribution in [0, 0.1) is 3.57 Å². The van der Waals surface area contributed by atoms with Crippen molar-refractivity contribution in [2.75, 3.05) is 0 Å². The van der Waals surface area contributed by atoms with Crippen LogP contribution in [0.15, 0.2) is 24.3 Å². The summed E-state index contributed by atoms with van der Waals surface area (Å²) in [6, 6.07) is 7.02. The minimum atomic E-state index is -3.90. The minimum Gasteiger partial charge on any atom is -0.285 e. The molecule has 1 aromatic carbocycles. The second kappa shape index (κ2) is 3.71. The van der Waals surface area contributed by atoms with Crippen LogP contribution in [0.25, 0.3) is 0 Å². The first-order valence-corrected chi connectivity index (χ1v) is 5.86. The van der Waals surface area contributed by atoms with Crippen molar-refractivity contribution in [3.05, 3.63) is 33.4 Å². The fourth-order valence-corrected chi connectivity index (χ4v) is 2.29. The van der Waals surface area contributed by atoms with Gasteiger partial charge in [0.05, 0.1) is 0 Å². The number of rotatable bonds is 2. The van der Waals surface area contributed by atoms with Crippen LogP contribution in [0.4, 0.5) is 0 Å². The zero-order valence-electron chi connectivity index (χ0n) is 6.07. The van der Waals surface area contributed by atoms with E-state index in [1.165, 1.54) is 0 Å². The summed E-state index contributed by atoms with van der Waals surface area (Å²) in [5.74, 6) is -0.313. The largest absolute Gasteiger partial charge is 0.285 e. The molecule has 12 heavy (non-hydrogen) atoms. The zero-order valence-corrected chi connectivity index (χ0v) is 9.04. The van der Waals surface area contributed by atoms with Gasteiger partial charge in [0.1, 0.15) is 5.75 Å². The maximum absolute atomic E-state index is 10.5. The average molecular weight is 298 g/mol. The first-order valence-electron chi connectivity index (χ1n) is 3.17. The summed E-state index contributed by atoms with van der Waals surface area (Å²) in [6.45, 7) is 0. The van der Waals surface area contributed by atoms with Gasteiger partial charge in [0.25, 0.3) is 10.1 Å². The summed E-state index contributed by atoms with van der Waals surface area (Å²) in [4.78, 5) is 0. The van der Waals surface area contributed by atoms with E-state index in [1.54, 1.807) is 18.2 Å². The summed E-state index contributed by atoms with van der Waals surface area (Å²) in [5.41, 5.74) is 0.626. The van der Waals surface area contributed by atoms with Crippen LogP contribution in [0.1, 0.15) is 5.56 Å². The molecule has 1 rings (SSSR count). The van der Waals surface area contributed by atoms with E-state index in [1.807, 2.05) is 28.7 Å². The third-order valence-corrected chi connectivity index (χ3v) is 3.02. The molecule has 1 aromatic rings. The zero-order chi connectivity index (χ0) is 9.19. The smallest absolute Gasteiger partial charge is 0.269 e. The highest BCUT2D eigenvalue weighted by Crippen LogP contribution is 2.13. The molecular weight excluding hydrogens is 291 g/mol. The lowest BCUT2D eigenvalue weighted by Crippen LogP contribution is -2.02. The average Bonchev–Trinajstić information content (AvgIpc) is 1.91. The summed E-state index contributed by atoms with van der Waals surface area (Å²) in [7, 11) is -3.90. The molecule has 66 valence electrons. The maximum atomic E-state index is 10.5. The quantitative estimate of drug-likeness (QED) is 0.667. The molecule has 1 N–H and O–H groups in total. The molecule has 0 unspecified atom stereocenters. The van der Waals surface area contributed by atoms with Crippen molar-refractivity contribution in [1.82, 2.24) is 0 Å². The van der Waals surface area contributed by atoms with E-state index in [2.05, 4.69) is 0 Å². The second-order valence-corrected chi connectivity index (χ2v) is 4.93. The third kappa shape index (κ3) is 3.08. The molecule has 0 saturated carbocycles. The summed E-state index contributed by atoms with van der Waals surface area (Å²) >= 11 is 2.02. The maximum Gasteiger partial charge on any atom is 0.269 e. The van der Waals surface area contributed by atoms with Crippen LogP contribution in [-0.2, 0) is 15.9 Å². The number of hydrogen-bond acceptors (Lipinski definition) is 2. The monoisotopic (exact) mass is 298 g/mol. The predicted octanol–water partition coefficient (Wildman–Crippen LogP) is 1.68. The molecule has 0 aromatic heterocycles. The fourth-order valence-electron chi connectivity index (χ4n) is 0.812. The molecule has 5 heteroatoms. The molecule has 0 spiro atoms. The van der Waals surface area contributed by atoms with E-state index in [9.17, 15) is 8.42 Å². The van der Waals surface area contributed by atoms with Crippen molar-refractivity contribution in [3.8, 4) is 0 Å². The van der Waals surface area contributed by atoms with Crippen molar-refractivity contribution in [2.24, 2.45) is 0 Å². The van der Waals surface area contributed by atoms with Crippen LogP contribution < -0.4 is 0 Å². The Morgan fingerprint density at radius 2 is 1.92 bits per heavy atom. The molecular formula is C7H7IO3S. The van der Waals surface area contributed by atoms with Gasteiger partial charge in [0.15, 0.2) is 0 Å². The Balaban J connectivity index is 2.98. The molecule has 0 radical (unpaired) electrons. The van der Waals surface area contributed by atoms with E-state index < -0.39 is 10.1 Å². The predicted molar refractivity (Wildman–Crippen MR) is 54.4 cm³/mol. The molecule has 0 aliphatic heterocycles. The van der Waals surface area contributed by atoms with E-state index in [0.29, 0.717) is 5.56 Å². The molecule has 0 saturated heterocycles. The SMILES string of the molecule is O=S(=O)(O)Cc1ccccc1I. The lowest BCUT2D eigenvalue weighted by Gasteiger charge is -2.00. The van der Waals surface area contributed by atoms with Gasteiger partial charge in [0.2, 0.25) is 0 Å². The second-order valence-electron chi connectivity index (χ2n) is 2.32. The fraction of sp³-hybridized carbons (Fsp3) is 0.143. The molecule has 0 bridgehead atoms. The van der Waals surface area contributed by atoms with E-state index in [0.717, 1.165) is 3.57 Å². The van der Waals surface area contributed by atoms with Gasteiger partial charge in [-0.3, -0.25) is 4.55 Å². The minimum absolute atomic E-state index is 0.313. The van der Waals surface area contributed by atoms with Crippen LogP contribution in [0.2, 0.25) is 0 Å². The van der Waals surface area contributed by atoms with Crippen LogP contribution >= 0.6 is 22.6 Å². The van der Waals surface area contributed by atoms with Crippen LogP contribution in [-0.4, -0.2) is 13.0 Å². The Bertz CT molecular complexity index is 372. The Kier molecular flexibility index (Phi) is 3.08. The van der Waals surface area contributed by atoms with Gasteiger partial charge in [-0.05, 0) is 34.2 Å². The van der Waals surface area contributed by atoms with Crippen molar-refractivity contribution < 1.29 is 13.0 Å². The summed E-state index contributed by atoms with van der Waals surface area (Å²) < 4.78 is 30.4. The molecule has 0 aliphatic carbocycles. The van der Waals surface area contributed by atoms with E-state index in [4.69, 9.17) is 4.55 Å². The van der Waals surface area contributed by atoms with Gasteiger partial charge in [-0.2, -0.15) is 8.42 Å². The Hall–Kier alpha value is -0.140. The highest BCUT2D eigenvalue weighted by atomic mass is 127. The molecule has 3 nitrogen and oxygen atoms in total. The molecule has 0 atom stereocenters. The summed E-state index contributed by atoms with van der Waals surface area (Å²) in [5, 5.41) is 0. The van der Waals surface area contributed by atoms with Gasteiger partial charge >= 0.3 is 0 Å². The molecule has 0 aliphatic rings. The lowest BCUT2D eigenvalue weighted by molar-refractivity contribution is 0.482. The Labute approximate surface area is 84.7 Å². The highest BCUT2D eigenvalue weighted by molar-refractivity contribution is 14.1. The van der Waals surface area contributed by atoms with E-state index >= 15 is 0 Å². The third-order valence-electron chi connectivity index (χ3n) is 1.30. The van der Waals surface area contributed by atoms with Crippen LogP contribution in [0.3, 0.4) is 0 Å². The van der Waals surface area contributed by atoms with Gasteiger partial charge in [-0.1, -0.05) is 18.2 Å². The lowest BCUT2D eigenvalue weighted by atomic mass is 10.2. The van der Waals surface area contributed by atoms with Crippen LogP contribution in [0.5, 0.6) is 0 Å². The first kappa shape index (κ1) is 9.94. The Morgan fingerprint density at radius 3 is 2.42 bits per heavy atom. The van der Waals surface area contributed by atoms with E-state index in [-0.39, 0.29) is 5.75 Å².